The monoisotopic (exact) mass is 298 g/mol. The zero-order chi connectivity index (χ0) is 15.5. The van der Waals surface area contributed by atoms with Gasteiger partial charge in [-0.1, -0.05) is 31.5 Å². The Morgan fingerprint density at radius 3 is 2.15 bits per heavy atom. The van der Waals surface area contributed by atoms with Gasteiger partial charge in [0.2, 0.25) is 0 Å². The van der Waals surface area contributed by atoms with Crippen LogP contribution in [0.25, 0.3) is 0 Å². The standard InChI is InChI=1S/C15H22O4S/c1-6-11(3)14(16)9-19-20(17,18)15-12(4)7-10(2)8-13(15)5/h7-8,11H,6,9H2,1-5H3. The van der Waals surface area contributed by atoms with E-state index >= 15 is 0 Å². The highest BCUT2D eigenvalue weighted by molar-refractivity contribution is 7.86. The van der Waals surface area contributed by atoms with Crippen LogP contribution in [0.2, 0.25) is 0 Å². The summed E-state index contributed by atoms with van der Waals surface area (Å²) in [6, 6.07) is 3.58. The van der Waals surface area contributed by atoms with E-state index in [1.54, 1.807) is 32.9 Å². The topological polar surface area (TPSA) is 60.4 Å². The number of ketones is 1. The molecule has 112 valence electrons. The van der Waals surface area contributed by atoms with Gasteiger partial charge in [-0.05, 0) is 38.3 Å². The molecule has 0 bridgehead atoms. The molecule has 0 aliphatic rings. The molecule has 4 nitrogen and oxygen atoms in total. The van der Waals surface area contributed by atoms with Gasteiger partial charge in [-0.25, -0.2) is 0 Å². The minimum atomic E-state index is -3.90. The number of rotatable bonds is 6. The van der Waals surface area contributed by atoms with Crippen molar-refractivity contribution in [3.8, 4) is 0 Å². The van der Waals surface area contributed by atoms with Crippen molar-refractivity contribution in [2.24, 2.45) is 5.92 Å². The zero-order valence-electron chi connectivity index (χ0n) is 12.7. The SMILES string of the molecule is CCC(C)C(=O)COS(=O)(=O)c1c(C)cc(C)cc1C. The van der Waals surface area contributed by atoms with E-state index in [2.05, 4.69) is 0 Å². The lowest BCUT2D eigenvalue weighted by Gasteiger charge is -2.13. The highest BCUT2D eigenvalue weighted by Crippen LogP contribution is 2.23. The summed E-state index contributed by atoms with van der Waals surface area (Å²) in [6.45, 7) is 8.61. The van der Waals surface area contributed by atoms with Crippen molar-refractivity contribution in [3.63, 3.8) is 0 Å². The summed E-state index contributed by atoms with van der Waals surface area (Å²) in [5, 5.41) is 0. The summed E-state index contributed by atoms with van der Waals surface area (Å²) in [4.78, 5) is 11.9. The summed E-state index contributed by atoms with van der Waals surface area (Å²) in [7, 11) is -3.90. The second-order valence-corrected chi connectivity index (χ2v) is 6.77. The first kappa shape index (κ1) is 16.9. The molecule has 0 spiro atoms. The first-order chi connectivity index (χ1) is 9.19. The Morgan fingerprint density at radius 1 is 1.20 bits per heavy atom. The van der Waals surface area contributed by atoms with Gasteiger partial charge in [-0.2, -0.15) is 8.42 Å². The van der Waals surface area contributed by atoms with E-state index in [1.165, 1.54) is 0 Å². The summed E-state index contributed by atoms with van der Waals surface area (Å²) in [6.07, 6.45) is 0.671. The van der Waals surface area contributed by atoms with Gasteiger partial charge in [-0.15, -0.1) is 0 Å². The van der Waals surface area contributed by atoms with Crippen molar-refractivity contribution in [3.05, 3.63) is 28.8 Å². The maximum atomic E-state index is 12.2. The van der Waals surface area contributed by atoms with Crippen LogP contribution in [0.4, 0.5) is 0 Å². The van der Waals surface area contributed by atoms with Gasteiger partial charge < -0.3 is 0 Å². The van der Waals surface area contributed by atoms with E-state index in [0.717, 1.165) is 5.56 Å². The van der Waals surface area contributed by atoms with E-state index in [9.17, 15) is 13.2 Å². The van der Waals surface area contributed by atoms with Gasteiger partial charge in [0.15, 0.2) is 5.78 Å². The smallest absolute Gasteiger partial charge is 0.297 e. The van der Waals surface area contributed by atoms with Crippen LogP contribution in [-0.2, 0) is 19.1 Å². The van der Waals surface area contributed by atoms with Crippen LogP contribution in [0, 0.1) is 26.7 Å². The Kier molecular flexibility index (Phi) is 5.48. The Morgan fingerprint density at radius 2 is 1.70 bits per heavy atom. The van der Waals surface area contributed by atoms with Crippen molar-refractivity contribution in [1.29, 1.82) is 0 Å². The van der Waals surface area contributed by atoms with Crippen LogP contribution in [0.3, 0.4) is 0 Å². The predicted molar refractivity (Wildman–Crippen MR) is 78.3 cm³/mol. The van der Waals surface area contributed by atoms with Gasteiger partial charge >= 0.3 is 0 Å². The third-order valence-corrected chi connectivity index (χ3v) is 4.95. The van der Waals surface area contributed by atoms with Crippen LogP contribution < -0.4 is 0 Å². The van der Waals surface area contributed by atoms with Crippen molar-refractivity contribution in [1.82, 2.24) is 0 Å². The molecular formula is C15H22O4S. The third kappa shape index (κ3) is 3.90. The largest absolute Gasteiger partial charge is 0.297 e. The van der Waals surface area contributed by atoms with Crippen molar-refractivity contribution < 1.29 is 17.4 Å². The molecule has 1 aromatic rings. The molecule has 0 amide bonds. The third-order valence-electron chi connectivity index (χ3n) is 3.37. The molecule has 0 radical (unpaired) electrons. The molecule has 1 atom stereocenters. The fourth-order valence-electron chi connectivity index (χ4n) is 2.13. The Labute approximate surface area is 121 Å². The van der Waals surface area contributed by atoms with Crippen LogP contribution >= 0.6 is 0 Å². The molecule has 1 aromatic carbocycles. The van der Waals surface area contributed by atoms with E-state index < -0.39 is 16.7 Å². The molecule has 0 saturated heterocycles. The number of benzene rings is 1. The number of carbonyl (C=O) groups is 1. The maximum Gasteiger partial charge on any atom is 0.297 e. The van der Waals surface area contributed by atoms with Crippen LogP contribution in [0.5, 0.6) is 0 Å². The summed E-state index contributed by atoms with van der Waals surface area (Å²) in [5.74, 6) is -0.385. The van der Waals surface area contributed by atoms with Gasteiger partial charge in [0, 0.05) is 5.92 Å². The maximum absolute atomic E-state index is 12.2. The molecule has 0 aromatic heterocycles. The average Bonchev–Trinajstić information content (AvgIpc) is 2.33. The Hall–Kier alpha value is -1.20. The fourth-order valence-corrected chi connectivity index (χ4v) is 3.42. The molecule has 0 heterocycles. The minimum absolute atomic E-state index is 0.167. The van der Waals surface area contributed by atoms with E-state index in [0.29, 0.717) is 17.5 Å². The summed E-state index contributed by atoms with van der Waals surface area (Å²) in [5.41, 5.74) is 2.27. The number of aryl methyl sites for hydroxylation is 3. The predicted octanol–water partition coefficient (Wildman–Crippen LogP) is 2.93. The van der Waals surface area contributed by atoms with Gasteiger partial charge in [-0.3, -0.25) is 8.98 Å². The molecule has 1 unspecified atom stereocenters. The molecule has 1 rings (SSSR count). The van der Waals surface area contributed by atoms with Crippen LogP contribution in [0.1, 0.15) is 37.0 Å². The highest BCUT2D eigenvalue weighted by atomic mass is 32.2. The minimum Gasteiger partial charge on any atom is -0.297 e. The van der Waals surface area contributed by atoms with E-state index in [-0.39, 0.29) is 16.6 Å². The van der Waals surface area contributed by atoms with Crippen molar-refractivity contribution in [2.75, 3.05) is 6.61 Å². The lowest BCUT2D eigenvalue weighted by Crippen LogP contribution is -2.20. The fraction of sp³-hybridized carbons (Fsp3) is 0.533. The van der Waals surface area contributed by atoms with Crippen molar-refractivity contribution in [2.45, 2.75) is 45.9 Å². The van der Waals surface area contributed by atoms with Gasteiger partial charge in [0.25, 0.3) is 10.1 Å². The molecule has 0 aliphatic carbocycles. The molecular weight excluding hydrogens is 276 g/mol. The summed E-state index contributed by atoms with van der Waals surface area (Å²) >= 11 is 0. The van der Waals surface area contributed by atoms with Crippen molar-refractivity contribution >= 4 is 15.9 Å². The van der Waals surface area contributed by atoms with Crippen LogP contribution in [-0.4, -0.2) is 20.8 Å². The quantitative estimate of drug-likeness (QED) is 0.758. The second kappa shape index (κ2) is 6.50. The molecule has 20 heavy (non-hydrogen) atoms. The second-order valence-electron chi connectivity index (χ2n) is 5.22. The molecule has 0 saturated carbocycles. The zero-order valence-corrected chi connectivity index (χ0v) is 13.5. The van der Waals surface area contributed by atoms with E-state index in [4.69, 9.17) is 4.18 Å². The number of hydrogen-bond donors (Lipinski definition) is 0. The van der Waals surface area contributed by atoms with E-state index in [1.807, 2.05) is 13.8 Å². The first-order valence-electron chi connectivity index (χ1n) is 6.69. The van der Waals surface area contributed by atoms with Gasteiger partial charge in [0.05, 0.1) is 4.90 Å². The van der Waals surface area contributed by atoms with Crippen LogP contribution in [0.15, 0.2) is 17.0 Å². The Bertz CT molecular complexity index is 579. The Balaban J connectivity index is 2.99. The normalized spacial score (nSPS) is 13.2. The lowest BCUT2D eigenvalue weighted by molar-refractivity contribution is -0.124. The number of hydrogen-bond acceptors (Lipinski definition) is 4. The highest BCUT2D eigenvalue weighted by Gasteiger charge is 2.23. The lowest BCUT2D eigenvalue weighted by atomic mass is 10.1. The number of Topliss-reactive ketones (excluding diaryl/α,β-unsaturated/α-hetero) is 1. The molecule has 0 fully saturated rings. The average molecular weight is 298 g/mol. The van der Waals surface area contributed by atoms with Gasteiger partial charge in [0.1, 0.15) is 6.61 Å². The molecule has 0 aliphatic heterocycles. The first-order valence-corrected chi connectivity index (χ1v) is 8.09. The molecule has 5 heteroatoms. The number of carbonyl (C=O) groups excluding carboxylic acids is 1. The molecule has 0 N–H and O–H groups in total. The summed E-state index contributed by atoms with van der Waals surface area (Å²) < 4.78 is 29.4.